The van der Waals surface area contributed by atoms with E-state index < -0.39 is 10.0 Å². The number of piperidine rings is 1. The summed E-state index contributed by atoms with van der Waals surface area (Å²) in [6.07, 6.45) is 10.0. The summed E-state index contributed by atoms with van der Waals surface area (Å²) in [5.74, 6) is 2.54. The lowest BCUT2D eigenvalue weighted by atomic mass is 9.86. The third-order valence-electron chi connectivity index (χ3n) is 7.78. The summed E-state index contributed by atoms with van der Waals surface area (Å²) in [5.41, 5.74) is 2.21. The Balaban J connectivity index is 1.29. The van der Waals surface area contributed by atoms with E-state index in [0.29, 0.717) is 5.69 Å². The van der Waals surface area contributed by atoms with Gasteiger partial charge in [0, 0.05) is 24.2 Å². The molecule has 1 aromatic rings. The lowest BCUT2D eigenvalue weighted by Crippen LogP contribution is -2.30. The second-order valence-corrected chi connectivity index (χ2v) is 11.5. The zero-order chi connectivity index (χ0) is 19.8. The second-order valence-electron chi connectivity index (χ2n) is 9.49. The summed E-state index contributed by atoms with van der Waals surface area (Å²) >= 11 is 0. The first kappa shape index (κ1) is 20.2. The van der Waals surface area contributed by atoms with E-state index >= 15 is 0 Å². The van der Waals surface area contributed by atoms with Crippen molar-refractivity contribution in [3.05, 3.63) is 29.8 Å². The van der Waals surface area contributed by atoms with Crippen molar-refractivity contribution in [2.24, 2.45) is 17.8 Å². The van der Waals surface area contributed by atoms with Gasteiger partial charge in [0.05, 0.1) is 5.75 Å². The Hall–Kier alpha value is -1.07. The number of hydrogen-bond donors (Lipinski definition) is 1. The molecule has 5 heteroatoms. The normalized spacial score (nSPS) is 30.9. The monoisotopic (exact) mass is 404 g/mol. The van der Waals surface area contributed by atoms with Crippen molar-refractivity contribution in [3.63, 3.8) is 0 Å². The number of rotatable bonds is 8. The fourth-order valence-electron chi connectivity index (χ4n) is 5.82. The predicted octanol–water partition coefficient (Wildman–Crippen LogP) is 4.63. The minimum absolute atomic E-state index is 0.107. The molecule has 4 rings (SSSR count). The van der Waals surface area contributed by atoms with E-state index in [0.717, 1.165) is 17.8 Å². The highest BCUT2D eigenvalue weighted by Crippen LogP contribution is 2.63. The van der Waals surface area contributed by atoms with Gasteiger partial charge in [-0.2, -0.15) is 0 Å². The third kappa shape index (κ3) is 4.11. The molecule has 2 atom stereocenters. The van der Waals surface area contributed by atoms with Crippen LogP contribution >= 0.6 is 0 Å². The van der Waals surface area contributed by atoms with E-state index in [-0.39, 0.29) is 11.2 Å². The van der Waals surface area contributed by atoms with Crippen LogP contribution in [0.3, 0.4) is 0 Å². The smallest absolute Gasteiger partial charge is 0.232 e. The van der Waals surface area contributed by atoms with Gasteiger partial charge < -0.3 is 4.90 Å². The van der Waals surface area contributed by atoms with Gasteiger partial charge >= 0.3 is 0 Å². The molecule has 2 saturated carbocycles. The van der Waals surface area contributed by atoms with Gasteiger partial charge in [0.25, 0.3) is 0 Å². The third-order valence-corrected chi connectivity index (χ3v) is 9.08. The summed E-state index contributed by atoms with van der Waals surface area (Å²) < 4.78 is 26.5. The molecule has 28 heavy (non-hydrogen) atoms. The number of nitrogens with zero attached hydrogens (tertiary/aromatic N) is 1. The zero-order valence-corrected chi connectivity index (χ0v) is 18.3. The summed E-state index contributed by atoms with van der Waals surface area (Å²) in [7, 11) is -3.22. The number of hydrogen-bond acceptors (Lipinski definition) is 3. The predicted molar refractivity (Wildman–Crippen MR) is 116 cm³/mol. The van der Waals surface area contributed by atoms with Gasteiger partial charge in [-0.05, 0) is 61.8 Å². The molecule has 0 amide bonds. The van der Waals surface area contributed by atoms with Crippen LogP contribution in [0, 0.1) is 17.8 Å². The standard InChI is InChI=1S/C23H36N2O2S/c1-3-28(26,27)24-20-13-7-12-19(15-20)23(2)21-16-25(17-22(21)23)14-8-11-18-9-5-4-6-10-18/h7,12-13,15,18,21-22,24H,3-6,8-11,14,16-17H2,1-2H3. The van der Waals surface area contributed by atoms with E-state index in [1.54, 1.807) is 6.92 Å². The Kier molecular flexibility index (Phi) is 5.76. The van der Waals surface area contributed by atoms with Crippen LogP contribution in [0.15, 0.2) is 24.3 Å². The molecule has 3 aliphatic rings. The van der Waals surface area contributed by atoms with Crippen molar-refractivity contribution in [1.82, 2.24) is 4.90 Å². The number of nitrogens with one attached hydrogen (secondary N) is 1. The van der Waals surface area contributed by atoms with E-state index in [1.807, 2.05) is 12.1 Å². The number of benzene rings is 1. The largest absolute Gasteiger partial charge is 0.303 e. The Labute approximate surface area is 171 Å². The number of sulfonamides is 1. The molecule has 1 aliphatic heterocycles. The van der Waals surface area contributed by atoms with Crippen LogP contribution in [0.25, 0.3) is 0 Å². The zero-order valence-electron chi connectivity index (χ0n) is 17.5. The number of fused-ring (bicyclic) bond motifs is 1. The van der Waals surface area contributed by atoms with Gasteiger partial charge in [-0.15, -0.1) is 0 Å². The molecule has 1 N–H and O–H groups in total. The highest BCUT2D eigenvalue weighted by atomic mass is 32.2. The quantitative estimate of drug-likeness (QED) is 0.687. The van der Waals surface area contributed by atoms with Crippen molar-refractivity contribution in [2.75, 3.05) is 30.1 Å². The number of likely N-dealkylation sites (tertiary alicyclic amines) is 1. The van der Waals surface area contributed by atoms with Crippen molar-refractivity contribution >= 4 is 15.7 Å². The Morgan fingerprint density at radius 3 is 2.54 bits per heavy atom. The van der Waals surface area contributed by atoms with Crippen LogP contribution in [0.4, 0.5) is 5.69 Å². The fraction of sp³-hybridized carbons (Fsp3) is 0.739. The van der Waals surface area contributed by atoms with Crippen molar-refractivity contribution in [2.45, 2.75) is 64.2 Å². The first-order valence-electron chi connectivity index (χ1n) is 11.3. The molecule has 4 nitrogen and oxygen atoms in total. The van der Waals surface area contributed by atoms with Crippen LogP contribution in [-0.4, -0.2) is 38.7 Å². The maximum absolute atomic E-state index is 11.9. The van der Waals surface area contributed by atoms with Crippen LogP contribution in [0.2, 0.25) is 0 Å². The van der Waals surface area contributed by atoms with Crippen molar-refractivity contribution in [3.8, 4) is 0 Å². The van der Waals surface area contributed by atoms with E-state index in [1.165, 1.54) is 70.1 Å². The number of anilines is 1. The van der Waals surface area contributed by atoms with E-state index in [9.17, 15) is 8.42 Å². The molecule has 3 fully saturated rings. The highest BCUT2D eigenvalue weighted by molar-refractivity contribution is 7.92. The minimum atomic E-state index is -3.22. The van der Waals surface area contributed by atoms with Crippen molar-refractivity contribution in [1.29, 1.82) is 0 Å². The summed E-state index contributed by atoms with van der Waals surface area (Å²) in [5, 5.41) is 0. The topological polar surface area (TPSA) is 49.4 Å². The molecule has 2 unspecified atom stereocenters. The SMILES string of the molecule is CCS(=O)(=O)Nc1cccc(C2(C)C3CN(CCCC4CCCCC4)CC32)c1. The molecule has 0 aromatic heterocycles. The van der Waals surface area contributed by atoms with Gasteiger partial charge in [-0.1, -0.05) is 51.2 Å². The average Bonchev–Trinajstić information content (AvgIpc) is 3.03. The molecule has 1 heterocycles. The molecule has 1 aromatic carbocycles. The van der Waals surface area contributed by atoms with Crippen LogP contribution in [0.5, 0.6) is 0 Å². The van der Waals surface area contributed by atoms with Gasteiger partial charge in [-0.3, -0.25) is 4.72 Å². The molecular weight excluding hydrogens is 368 g/mol. The van der Waals surface area contributed by atoms with Crippen LogP contribution in [-0.2, 0) is 15.4 Å². The van der Waals surface area contributed by atoms with Crippen LogP contribution < -0.4 is 4.72 Å². The molecule has 156 valence electrons. The first-order valence-corrected chi connectivity index (χ1v) is 12.9. The molecular formula is C23H36N2O2S. The second kappa shape index (κ2) is 7.98. The highest BCUT2D eigenvalue weighted by Gasteiger charge is 2.65. The van der Waals surface area contributed by atoms with E-state index in [4.69, 9.17) is 0 Å². The van der Waals surface area contributed by atoms with Crippen LogP contribution in [0.1, 0.15) is 64.4 Å². The van der Waals surface area contributed by atoms with Gasteiger partial charge in [-0.25, -0.2) is 8.42 Å². The molecule has 2 aliphatic carbocycles. The maximum atomic E-state index is 11.9. The summed E-state index contributed by atoms with van der Waals surface area (Å²) in [6, 6.07) is 8.08. The lowest BCUT2D eigenvalue weighted by molar-refractivity contribution is 0.253. The molecule has 0 spiro atoms. The van der Waals surface area contributed by atoms with Gasteiger partial charge in [0.1, 0.15) is 0 Å². The van der Waals surface area contributed by atoms with Gasteiger partial charge in [0.15, 0.2) is 0 Å². The lowest BCUT2D eigenvalue weighted by Gasteiger charge is -2.26. The maximum Gasteiger partial charge on any atom is 0.232 e. The molecule has 1 saturated heterocycles. The fourth-order valence-corrected chi connectivity index (χ4v) is 6.45. The summed E-state index contributed by atoms with van der Waals surface area (Å²) in [4.78, 5) is 2.67. The Morgan fingerprint density at radius 1 is 1.14 bits per heavy atom. The minimum Gasteiger partial charge on any atom is -0.303 e. The Bertz CT molecular complexity index is 774. The van der Waals surface area contributed by atoms with Crippen molar-refractivity contribution < 1.29 is 8.42 Å². The average molecular weight is 405 g/mol. The van der Waals surface area contributed by atoms with Gasteiger partial charge in [0.2, 0.25) is 10.0 Å². The van der Waals surface area contributed by atoms with E-state index in [2.05, 4.69) is 28.7 Å². The molecule has 0 radical (unpaired) electrons. The summed E-state index contributed by atoms with van der Waals surface area (Å²) in [6.45, 7) is 7.71. The Morgan fingerprint density at radius 2 is 1.86 bits per heavy atom. The first-order chi connectivity index (χ1) is 13.4. The molecule has 0 bridgehead atoms.